The Morgan fingerprint density at radius 2 is 1.93 bits per heavy atom. The SMILES string of the molecule is C=CCCC(NC)c1cc(F)cc(F)c1. The highest BCUT2D eigenvalue weighted by Gasteiger charge is 2.10. The Bertz CT molecular complexity index is 316. The van der Waals surface area contributed by atoms with Gasteiger partial charge in [-0.05, 0) is 37.6 Å². The van der Waals surface area contributed by atoms with E-state index in [-0.39, 0.29) is 6.04 Å². The largest absolute Gasteiger partial charge is 0.313 e. The molecule has 0 radical (unpaired) electrons. The Labute approximate surface area is 88.8 Å². The third-order valence-electron chi connectivity index (χ3n) is 2.30. The van der Waals surface area contributed by atoms with Crippen LogP contribution in [-0.4, -0.2) is 7.05 Å². The molecule has 0 aliphatic carbocycles. The normalized spacial score (nSPS) is 12.5. The second-order valence-corrected chi connectivity index (χ2v) is 3.41. The number of rotatable bonds is 5. The molecule has 0 amide bonds. The Hall–Kier alpha value is -1.22. The molecule has 0 spiro atoms. The molecule has 82 valence electrons. The van der Waals surface area contributed by atoms with Crippen molar-refractivity contribution in [3.8, 4) is 0 Å². The van der Waals surface area contributed by atoms with Gasteiger partial charge in [0.25, 0.3) is 0 Å². The molecular formula is C12H15F2N. The standard InChI is InChI=1S/C12H15F2N/c1-3-4-5-12(15-2)9-6-10(13)8-11(14)7-9/h3,6-8,12,15H,1,4-5H2,2H3. The molecule has 0 saturated carbocycles. The molecule has 1 nitrogen and oxygen atoms in total. The Kier molecular flexibility index (Phi) is 4.43. The lowest BCUT2D eigenvalue weighted by atomic mass is 10.0. The fourth-order valence-corrected chi connectivity index (χ4v) is 1.54. The van der Waals surface area contributed by atoms with Gasteiger partial charge in [0, 0.05) is 12.1 Å². The molecule has 0 bridgehead atoms. The number of halogens is 2. The first-order chi connectivity index (χ1) is 7.17. The van der Waals surface area contributed by atoms with E-state index in [4.69, 9.17) is 0 Å². The Morgan fingerprint density at radius 3 is 2.40 bits per heavy atom. The lowest BCUT2D eigenvalue weighted by Gasteiger charge is -2.15. The zero-order chi connectivity index (χ0) is 11.3. The van der Waals surface area contributed by atoms with Crippen LogP contribution in [0.3, 0.4) is 0 Å². The summed E-state index contributed by atoms with van der Waals surface area (Å²) in [5.74, 6) is -1.08. The van der Waals surface area contributed by atoms with Gasteiger partial charge in [-0.3, -0.25) is 0 Å². The minimum absolute atomic E-state index is 0.0341. The topological polar surface area (TPSA) is 12.0 Å². The van der Waals surface area contributed by atoms with Gasteiger partial charge in [0.2, 0.25) is 0 Å². The number of nitrogens with one attached hydrogen (secondary N) is 1. The zero-order valence-electron chi connectivity index (χ0n) is 8.76. The summed E-state index contributed by atoms with van der Waals surface area (Å²) in [6.45, 7) is 3.62. The lowest BCUT2D eigenvalue weighted by Crippen LogP contribution is -2.16. The quantitative estimate of drug-likeness (QED) is 0.737. The van der Waals surface area contributed by atoms with Crippen molar-refractivity contribution < 1.29 is 8.78 Å². The van der Waals surface area contributed by atoms with E-state index in [0.29, 0.717) is 5.56 Å². The van der Waals surface area contributed by atoms with E-state index in [2.05, 4.69) is 11.9 Å². The molecular weight excluding hydrogens is 196 g/mol. The monoisotopic (exact) mass is 211 g/mol. The Morgan fingerprint density at radius 1 is 1.33 bits per heavy atom. The van der Waals surface area contributed by atoms with E-state index < -0.39 is 11.6 Å². The van der Waals surface area contributed by atoms with Crippen molar-refractivity contribution in [1.82, 2.24) is 5.32 Å². The van der Waals surface area contributed by atoms with Crippen LogP contribution in [0.15, 0.2) is 30.9 Å². The second-order valence-electron chi connectivity index (χ2n) is 3.41. The van der Waals surface area contributed by atoms with E-state index >= 15 is 0 Å². The van der Waals surface area contributed by atoms with E-state index in [9.17, 15) is 8.78 Å². The highest BCUT2D eigenvalue weighted by Crippen LogP contribution is 2.20. The van der Waals surface area contributed by atoms with Gasteiger partial charge in [0.05, 0.1) is 0 Å². The fraction of sp³-hybridized carbons (Fsp3) is 0.333. The van der Waals surface area contributed by atoms with Crippen LogP contribution in [0.1, 0.15) is 24.4 Å². The molecule has 0 aromatic heterocycles. The summed E-state index contributed by atoms with van der Waals surface area (Å²) >= 11 is 0. The van der Waals surface area contributed by atoms with E-state index in [1.54, 1.807) is 13.1 Å². The van der Waals surface area contributed by atoms with Crippen molar-refractivity contribution in [2.75, 3.05) is 7.05 Å². The molecule has 1 rings (SSSR count). The third-order valence-corrected chi connectivity index (χ3v) is 2.30. The van der Waals surface area contributed by atoms with Crippen LogP contribution in [0.5, 0.6) is 0 Å². The van der Waals surface area contributed by atoms with E-state index in [1.165, 1.54) is 12.1 Å². The van der Waals surface area contributed by atoms with Gasteiger partial charge in [0.1, 0.15) is 11.6 Å². The molecule has 0 aliphatic rings. The maximum absolute atomic E-state index is 13.0. The first kappa shape index (κ1) is 11.9. The first-order valence-electron chi connectivity index (χ1n) is 4.91. The number of hydrogen-bond donors (Lipinski definition) is 1. The van der Waals surface area contributed by atoms with Crippen LogP contribution < -0.4 is 5.32 Å². The van der Waals surface area contributed by atoms with Crippen molar-refractivity contribution in [1.29, 1.82) is 0 Å². The summed E-state index contributed by atoms with van der Waals surface area (Å²) in [5.41, 5.74) is 0.636. The smallest absolute Gasteiger partial charge is 0.126 e. The summed E-state index contributed by atoms with van der Waals surface area (Å²) in [5, 5.41) is 3.03. The van der Waals surface area contributed by atoms with Crippen molar-refractivity contribution in [2.24, 2.45) is 0 Å². The van der Waals surface area contributed by atoms with Crippen LogP contribution >= 0.6 is 0 Å². The summed E-state index contributed by atoms with van der Waals surface area (Å²) in [4.78, 5) is 0. The average Bonchev–Trinajstić information content (AvgIpc) is 2.17. The minimum atomic E-state index is -0.538. The number of allylic oxidation sites excluding steroid dienone is 1. The van der Waals surface area contributed by atoms with Gasteiger partial charge >= 0.3 is 0 Å². The predicted molar refractivity (Wildman–Crippen MR) is 57.6 cm³/mol. The highest BCUT2D eigenvalue weighted by molar-refractivity contribution is 5.21. The summed E-state index contributed by atoms with van der Waals surface area (Å²) in [6, 6.07) is 3.55. The molecule has 0 heterocycles. The molecule has 3 heteroatoms. The van der Waals surface area contributed by atoms with Gasteiger partial charge in [-0.1, -0.05) is 6.08 Å². The molecule has 0 aliphatic heterocycles. The lowest BCUT2D eigenvalue weighted by molar-refractivity contribution is 0.532. The van der Waals surface area contributed by atoms with Crippen LogP contribution in [0.25, 0.3) is 0 Å². The molecule has 1 aromatic carbocycles. The average molecular weight is 211 g/mol. The van der Waals surface area contributed by atoms with Gasteiger partial charge in [-0.25, -0.2) is 8.78 Å². The van der Waals surface area contributed by atoms with Gasteiger partial charge in [-0.15, -0.1) is 6.58 Å². The van der Waals surface area contributed by atoms with Crippen molar-refractivity contribution in [3.05, 3.63) is 48.1 Å². The number of hydrogen-bond acceptors (Lipinski definition) is 1. The van der Waals surface area contributed by atoms with Crippen molar-refractivity contribution in [2.45, 2.75) is 18.9 Å². The third kappa shape index (κ3) is 3.44. The second kappa shape index (κ2) is 5.61. The Balaban J connectivity index is 2.85. The summed E-state index contributed by atoms with van der Waals surface area (Å²) in [6.07, 6.45) is 3.38. The van der Waals surface area contributed by atoms with E-state index in [1.807, 2.05) is 0 Å². The van der Waals surface area contributed by atoms with E-state index in [0.717, 1.165) is 18.9 Å². The zero-order valence-corrected chi connectivity index (χ0v) is 8.76. The molecule has 1 aromatic rings. The molecule has 1 atom stereocenters. The maximum Gasteiger partial charge on any atom is 0.126 e. The van der Waals surface area contributed by atoms with Crippen LogP contribution in [0, 0.1) is 11.6 Å². The van der Waals surface area contributed by atoms with Crippen molar-refractivity contribution >= 4 is 0 Å². The van der Waals surface area contributed by atoms with Crippen LogP contribution in [0.2, 0.25) is 0 Å². The van der Waals surface area contributed by atoms with Crippen LogP contribution in [0.4, 0.5) is 8.78 Å². The number of benzene rings is 1. The minimum Gasteiger partial charge on any atom is -0.313 e. The van der Waals surface area contributed by atoms with Crippen LogP contribution in [-0.2, 0) is 0 Å². The molecule has 15 heavy (non-hydrogen) atoms. The predicted octanol–water partition coefficient (Wildman–Crippen LogP) is 3.19. The molecule has 0 saturated heterocycles. The molecule has 1 N–H and O–H groups in total. The molecule has 0 fully saturated rings. The van der Waals surface area contributed by atoms with Gasteiger partial charge in [-0.2, -0.15) is 0 Å². The molecule has 1 unspecified atom stereocenters. The van der Waals surface area contributed by atoms with Gasteiger partial charge < -0.3 is 5.32 Å². The highest BCUT2D eigenvalue weighted by atomic mass is 19.1. The van der Waals surface area contributed by atoms with Crippen molar-refractivity contribution in [3.63, 3.8) is 0 Å². The maximum atomic E-state index is 13.0. The summed E-state index contributed by atoms with van der Waals surface area (Å²) in [7, 11) is 1.77. The van der Waals surface area contributed by atoms with Gasteiger partial charge in [0.15, 0.2) is 0 Å². The first-order valence-corrected chi connectivity index (χ1v) is 4.91. The fourth-order valence-electron chi connectivity index (χ4n) is 1.54. The summed E-state index contributed by atoms with van der Waals surface area (Å²) < 4.78 is 25.9.